The quantitative estimate of drug-likeness (QED) is 0.487. The lowest BCUT2D eigenvalue weighted by molar-refractivity contribution is 0.152. The minimum Gasteiger partial charge on any atom is -0.504 e. The van der Waals surface area contributed by atoms with Gasteiger partial charge in [-0.3, -0.25) is 5.43 Å². The van der Waals surface area contributed by atoms with E-state index in [0.29, 0.717) is 12.6 Å². The standard InChI is InChI=1S/C14H23N3O2/c1-17(16-12-5-3-2-4-11(12)15)9-10-6-7-13(18)14(19)8-10/h6-8,11-12,16,18-19H,2-5,9,15H2,1H3. The van der Waals surface area contributed by atoms with Gasteiger partial charge in [-0.15, -0.1) is 0 Å². The average Bonchev–Trinajstić information content (AvgIpc) is 2.37. The highest BCUT2D eigenvalue weighted by Crippen LogP contribution is 2.25. The molecule has 106 valence electrons. The molecule has 0 radical (unpaired) electrons. The molecule has 2 unspecified atom stereocenters. The van der Waals surface area contributed by atoms with Crippen molar-refractivity contribution in [2.24, 2.45) is 5.73 Å². The number of aromatic hydroxyl groups is 2. The first-order valence-corrected chi connectivity index (χ1v) is 6.80. The Balaban J connectivity index is 1.89. The molecule has 19 heavy (non-hydrogen) atoms. The molecule has 5 N–H and O–H groups in total. The van der Waals surface area contributed by atoms with Gasteiger partial charge in [-0.2, -0.15) is 0 Å². The van der Waals surface area contributed by atoms with Crippen molar-refractivity contribution in [3.8, 4) is 11.5 Å². The van der Waals surface area contributed by atoms with Crippen LogP contribution in [0, 0.1) is 0 Å². The highest BCUT2D eigenvalue weighted by atomic mass is 16.3. The Morgan fingerprint density at radius 3 is 2.68 bits per heavy atom. The second-order valence-corrected chi connectivity index (χ2v) is 5.36. The van der Waals surface area contributed by atoms with Crippen LogP contribution in [0.1, 0.15) is 31.2 Å². The molecule has 0 aromatic heterocycles. The van der Waals surface area contributed by atoms with Crippen LogP contribution in [0.15, 0.2) is 18.2 Å². The summed E-state index contributed by atoms with van der Waals surface area (Å²) in [4.78, 5) is 0. The highest BCUT2D eigenvalue weighted by molar-refractivity contribution is 5.40. The van der Waals surface area contributed by atoms with Crippen LogP contribution < -0.4 is 11.2 Å². The van der Waals surface area contributed by atoms with Gasteiger partial charge in [0.1, 0.15) is 0 Å². The third-order valence-corrected chi connectivity index (χ3v) is 3.67. The van der Waals surface area contributed by atoms with Gasteiger partial charge in [0.15, 0.2) is 11.5 Å². The van der Waals surface area contributed by atoms with Crippen molar-refractivity contribution >= 4 is 0 Å². The number of benzene rings is 1. The zero-order chi connectivity index (χ0) is 13.8. The van der Waals surface area contributed by atoms with Gasteiger partial charge in [0.25, 0.3) is 0 Å². The average molecular weight is 265 g/mol. The van der Waals surface area contributed by atoms with Gasteiger partial charge < -0.3 is 15.9 Å². The fourth-order valence-corrected chi connectivity index (χ4v) is 2.59. The van der Waals surface area contributed by atoms with Crippen molar-refractivity contribution < 1.29 is 10.2 Å². The third kappa shape index (κ3) is 3.83. The molecule has 2 atom stereocenters. The largest absolute Gasteiger partial charge is 0.504 e. The summed E-state index contributed by atoms with van der Waals surface area (Å²) in [5, 5.41) is 20.7. The molecule has 0 bridgehead atoms. The third-order valence-electron chi connectivity index (χ3n) is 3.67. The molecule has 0 heterocycles. The summed E-state index contributed by atoms with van der Waals surface area (Å²) in [7, 11) is 1.96. The SMILES string of the molecule is CN(Cc1ccc(O)c(O)c1)NC1CCCCC1N. The van der Waals surface area contributed by atoms with Crippen LogP contribution >= 0.6 is 0 Å². The molecule has 0 saturated heterocycles. The van der Waals surface area contributed by atoms with Gasteiger partial charge in [-0.25, -0.2) is 5.01 Å². The summed E-state index contributed by atoms with van der Waals surface area (Å²) in [6, 6.07) is 5.42. The maximum atomic E-state index is 9.47. The smallest absolute Gasteiger partial charge is 0.157 e. The zero-order valence-electron chi connectivity index (χ0n) is 11.3. The van der Waals surface area contributed by atoms with Crippen LogP contribution in [0.4, 0.5) is 0 Å². The second-order valence-electron chi connectivity index (χ2n) is 5.36. The monoisotopic (exact) mass is 265 g/mol. The molecule has 1 fully saturated rings. The van der Waals surface area contributed by atoms with E-state index in [0.717, 1.165) is 18.4 Å². The predicted molar refractivity (Wildman–Crippen MR) is 74.6 cm³/mol. The number of hydrogen-bond donors (Lipinski definition) is 4. The van der Waals surface area contributed by atoms with E-state index in [9.17, 15) is 10.2 Å². The van der Waals surface area contributed by atoms with E-state index in [1.54, 1.807) is 12.1 Å². The predicted octanol–water partition coefficient (Wildman–Crippen LogP) is 1.30. The topological polar surface area (TPSA) is 81.8 Å². The molecule has 1 aliphatic carbocycles. The van der Waals surface area contributed by atoms with E-state index in [2.05, 4.69) is 5.43 Å². The Bertz CT molecular complexity index is 425. The Kier molecular flexibility index (Phi) is 4.63. The van der Waals surface area contributed by atoms with Crippen molar-refractivity contribution in [2.75, 3.05) is 7.05 Å². The van der Waals surface area contributed by atoms with Gasteiger partial charge in [0.2, 0.25) is 0 Å². The second kappa shape index (κ2) is 6.23. The molecule has 2 rings (SSSR count). The van der Waals surface area contributed by atoms with Gasteiger partial charge >= 0.3 is 0 Å². The number of hydrazine groups is 1. The molecule has 1 saturated carbocycles. The van der Waals surface area contributed by atoms with Gasteiger partial charge in [0.05, 0.1) is 0 Å². The molecule has 0 spiro atoms. The molecule has 5 nitrogen and oxygen atoms in total. The number of nitrogens with one attached hydrogen (secondary N) is 1. The van der Waals surface area contributed by atoms with Crippen LogP contribution in [0.25, 0.3) is 0 Å². The van der Waals surface area contributed by atoms with Crippen molar-refractivity contribution in [1.29, 1.82) is 0 Å². The fourth-order valence-electron chi connectivity index (χ4n) is 2.59. The summed E-state index contributed by atoms with van der Waals surface area (Å²) >= 11 is 0. The summed E-state index contributed by atoms with van der Waals surface area (Å²) in [6.07, 6.45) is 4.62. The van der Waals surface area contributed by atoms with Crippen LogP contribution in [0.3, 0.4) is 0 Å². The maximum Gasteiger partial charge on any atom is 0.157 e. The molecular formula is C14H23N3O2. The van der Waals surface area contributed by atoms with E-state index >= 15 is 0 Å². The molecule has 5 heteroatoms. The zero-order valence-corrected chi connectivity index (χ0v) is 11.3. The normalized spacial score (nSPS) is 23.7. The van der Waals surface area contributed by atoms with Crippen LogP contribution in [-0.4, -0.2) is 34.4 Å². The summed E-state index contributed by atoms with van der Waals surface area (Å²) < 4.78 is 0. The van der Waals surface area contributed by atoms with Crippen molar-refractivity contribution in [2.45, 2.75) is 44.3 Å². The minimum atomic E-state index is -0.0892. The van der Waals surface area contributed by atoms with Gasteiger partial charge in [0, 0.05) is 25.7 Å². The lowest BCUT2D eigenvalue weighted by Crippen LogP contribution is -2.52. The first kappa shape index (κ1) is 14.1. The number of phenols is 2. The molecule has 1 aromatic carbocycles. The van der Waals surface area contributed by atoms with Crippen molar-refractivity contribution in [3.63, 3.8) is 0 Å². The fraction of sp³-hybridized carbons (Fsp3) is 0.571. The van der Waals surface area contributed by atoms with E-state index in [1.165, 1.54) is 18.9 Å². The highest BCUT2D eigenvalue weighted by Gasteiger charge is 2.22. The van der Waals surface area contributed by atoms with Crippen LogP contribution in [0.2, 0.25) is 0 Å². The summed E-state index contributed by atoms with van der Waals surface area (Å²) in [5.41, 5.74) is 10.5. The number of phenolic OH excluding ortho intramolecular Hbond substituents is 2. The molecule has 0 amide bonds. The Morgan fingerprint density at radius 1 is 1.26 bits per heavy atom. The number of rotatable bonds is 4. The first-order chi connectivity index (χ1) is 9.06. The Labute approximate surface area is 114 Å². The number of nitrogens with two attached hydrogens (primary N) is 1. The van der Waals surface area contributed by atoms with E-state index in [4.69, 9.17) is 5.73 Å². The van der Waals surface area contributed by atoms with Gasteiger partial charge in [-0.1, -0.05) is 18.9 Å². The molecule has 0 aliphatic heterocycles. The van der Waals surface area contributed by atoms with Crippen LogP contribution in [-0.2, 0) is 6.54 Å². The Morgan fingerprint density at radius 2 is 2.00 bits per heavy atom. The van der Waals surface area contributed by atoms with Crippen molar-refractivity contribution in [3.05, 3.63) is 23.8 Å². The first-order valence-electron chi connectivity index (χ1n) is 6.80. The van der Waals surface area contributed by atoms with Gasteiger partial charge in [-0.05, 0) is 30.5 Å². The lowest BCUT2D eigenvalue weighted by atomic mass is 9.91. The van der Waals surface area contributed by atoms with Crippen molar-refractivity contribution in [1.82, 2.24) is 10.4 Å². The lowest BCUT2D eigenvalue weighted by Gasteiger charge is -2.33. The summed E-state index contributed by atoms with van der Waals surface area (Å²) in [6.45, 7) is 0.650. The molecular weight excluding hydrogens is 242 g/mol. The minimum absolute atomic E-state index is 0.0831. The maximum absolute atomic E-state index is 9.47. The Hall–Kier alpha value is -1.30. The number of hydrogen-bond acceptors (Lipinski definition) is 5. The summed E-state index contributed by atoms with van der Waals surface area (Å²) in [5.74, 6) is -0.172. The van der Waals surface area contributed by atoms with E-state index in [1.807, 2.05) is 12.1 Å². The molecule has 1 aliphatic rings. The van der Waals surface area contributed by atoms with E-state index < -0.39 is 0 Å². The number of nitrogens with zero attached hydrogens (tertiary/aromatic N) is 1. The molecule has 1 aromatic rings. The van der Waals surface area contributed by atoms with Crippen LogP contribution in [0.5, 0.6) is 11.5 Å². The van der Waals surface area contributed by atoms with E-state index in [-0.39, 0.29) is 17.5 Å².